The van der Waals surface area contributed by atoms with Crippen LogP contribution in [-0.4, -0.2) is 24.8 Å². The molecule has 0 bridgehead atoms. The first-order valence-corrected chi connectivity index (χ1v) is 8.60. The van der Waals surface area contributed by atoms with E-state index in [-0.39, 0.29) is 6.04 Å². The molecule has 2 rings (SSSR count). The fourth-order valence-electron chi connectivity index (χ4n) is 1.83. The van der Waals surface area contributed by atoms with Crippen molar-refractivity contribution < 1.29 is 8.42 Å². The smallest absolute Gasteiger partial charge is 0.241 e. The molecule has 1 aromatic heterocycles. The van der Waals surface area contributed by atoms with Crippen molar-refractivity contribution in [2.45, 2.75) is 24.3 Å². The van der Waals surface area contributed by atoms with Gasteiger partial charge < -0.3 is 0 Å². The van der Waals surface area contributed by atoms with Crippen molar-refractivity contribution in [3.63, 3.8) is 0 Å². The van der Waals surface area contributed by atoms with Gasteiger partial charge in [-0.1, -0.05) is 35.0 Å². The molecule has 0 aliphatic heterocycles. The third-order valence-corrected chi connectivity index (χ3v) is 5.29. The van der Waals surface area contributed by atoms with Crippen LogP contribution in [0.5, 0.6) is 0 Å². The zero-order valence-corrected chi connectivity index (χ0v) is 12.9. The third-order valence-electron chi connectivity index (χ3n) is 2.93. The predicted octanol–water partition coefficient (Wildman–Crippen LogP) is 2.69. The molecule has 4 nitrogen and oxygen atoms in total. The van der Waals surface area contributed by atoms with Crippen LogP contribution in [0.4, 0.5) is 0 Å². The van der Waals surface area contributed by atoms with Gasteiger partial charge in [-0.2, -0.15) is 0 Å². The molecule has 1 heterocycles. The first kappa shape index (κ1) is 14.4. The molecule has 2 aromatic rings. The average Bonchev–Trinajstić information content (AvgIpc) is 2.44. The lowest BCUT2D eigenvalue weighted by molar-refractivity contribution is 0.560. The van der Waals surface area contributed by atoms with Gasteiger partial charge in [-0.05, 0) is 18.6 Å². The SMILES string of the molecule is CCC(CBr)NS(=O)(=O)c1cccc2cnccc12. The number of aromatic nitrogens is 1. The van der Waals surface area contributed by atoms with Crippen LogP contribution in [0.25, 0.3) is 10.8 Å². The molecule has 102 valence electrons. The topological polar surface area (TPSA) is 59.1 Å². The first-order valence-electron chi connectivity index (χ1n) is 5.99. The van der Waals surface area contributed by atoms with Gasteiger partial charge in [-0.15, -0.1) is 0 Å². The maximum absolute atomic E-state index is 12.4. The molecule has 0 saturated carbocycles. The van der Waals surface area contributed by atoms with Crippen LogP contribution in [0.3, 0.4) is 0 Å². The van der Waals surface area contributed by atoms with Crippen LogP contribution >= 0.6 is 15.9 Å². The number of halogens is 1. The molecule has 1 atom stereocenters. The Hall–Kier alpha value is -0.980. The Bertz CT molecular complexity index is 664. The zero-order chi connectivity index (χ0) is 13.9. The van der Waals surface area contributed by atoms with E-state index in [2.05, 4.69) is 25.6 Å². The van der Waals surface area contributed by atoms with Gasteiger partial charge in [0.15, 0.2) is 0 Å². The highest BCUT2D eigenvalue weighted by molar-refractivity contribution is 9.09. The molecule has 1 N–H and O–H groups in total. The van der Waals surface area contributed by atoms with E-state index >= 15 is 0 Å². The minimum atomic E-state index is -3.52. The van der Waals surface area contributed by atoms with Crippen molar-refractivity contribution in [2.75, 3.05) is 5.33 Å². The fourth-order valence-corrected chi connectivity index (χ4v) is 4.22. The minimum absolute atomic E-state index is 0.109. The van der Waals surface area contributed by atoms with Crippen LogP contribution in [-0.2, 0) is 10.0 Å². The number of pyridine rings is 1. The lowest BCUT2D eigenvalue weighted by Gasteiger charge is -2.15. The number of nitrogens with one attached hydrogen (secondary N) is 1. The van der Waals surface area contributed by atoms with Gasteiger partial charge in [0.2, 0.25) is 10.0 Å². The second-order valence-corrected chi connectivity index (χ2v) is 6.56. The largest absolute Gasteiger partial charge is 0.264 e. The summed E-state index contributed by atoms with van der Waals surface area (Å²) in [6.07, 6.45) is 4.00. The van der Waals surface area contributed by atoms with Gasteiger partial charge in [-0.3, -0.25) is 4.98 Å². The van der Waals surface area contributed by atoms with Gasteiger partial charge in [0, 0.05) is 34.5 Å². The Labute approximate surface area is 121 Å². The summed E-state index contributed by atoms with van der Waals surface area (Å²) in [5.74, 6) is 0. The Morgan fingerprint density at radius 2 is 2.16 bits per heavy atom. The summed E-state index contributed by atoms with van der Waals surface area (Å²) in [7, 11) is -3.52. The molecule has 0 aliphatic rings. The van der Waals surface area contributed by atoms with Gasteiger partial charge >= 0.3 is 0 Å². The van der Waals surface area contributed by atoms with E-state index in [1.807, 2.05) is 13.0 Å². The molecule has 6 heteroatoms. The molecule has 0 radical (unpaired) electrons. The molecule has 0 aliphatic carbocycles. The zero-order valence-electron chi connectivity index (χ0n) is 10.5. The van der Waals surface area contributed by atoms with E-state index in [0.29, 0.717) is 15.6 Å². The van der Waals surface area contributed by atoms with Crippen LogP contribution in [0.1, 0.15) is 13.3 Å². The number of nitrogens with zero attached hydrogens (tertiary/aromatic N) is 1. The van der Waals surface area contributed by atoms with Crippen molar-refractivity contribution >= 4 is 36.7 Å². The molecular weight excluding hydrogens is 328 g/mol. The average molecular weight is 343 g/mol. The number of hydrogen-bond donors (Lipinski definition) is 1. The highest BCUT2D eigenvalue weighted by atomic mass is 79.9. The summed E-state index contributed by atoms with van der Waals surface area (Å²) in [6, 6.07) is 6.81. The number of fused-ring (bicyclic) bond motifs is 1. The van der Waals surface area contributed by atoms with Crippen LogP contribution in [0, 0.1) is 0 Å². The van der Waals surface area contributed by atoms with Gasteiger partial charge in [0.05, 0.1) is 4.90 Å². The predicted molar refractivity (Wildman–Crippen MR) is 79.9 cm³/mol. The monoisotopic (exact) mass is 342 g/mol. The summed E-state index contributed by atoms with van der Waals surface area (Å²) in [5, 5.41) is 2.10. The van der Waals surface area contributed by atoms with Crippen molar-refractivity contribution in [3.05, 3.63) is 36.7 Å². The molecule has 19 heavy (non-hydrogen) atoms. The number of alkyl halides is 1. The number of sulfonamides is 1. The van der Waals surface area contributed by atoms with E-state index in [1.165, 1.54) is 0 Å². The quantitative estimate of drug-likeness (QED) is 0.850. The Morgan fingerprint density at radius 3 is 2.84 bits per heavy atom. The van der Waals surface area contributed by atoms with Crippen LogP contribution < -0.4 is 4.72 Å². The fraction of sp³-hybridized carbons (Fsp3) is 0.308. The maximum atomic E-state index is 12.4. The van der Waals surface area contributed by atoms with Crippen LogP contribution in [0.2, 0.25) is 0 Å². The van der Waals surface area contributed by atoms with E-state index in [1.54, 1.807) is 30.6 Å². The number of rotatable bonds is 5. The van der Waals surface area contributed by atoms with E-state index < -0.39 is 10.0 Å². The lowest BCUT2D eigenvalue weighted by Crippen LogP contribution is -2.35. The van der Waals surface area contributed by atoms with Gasteiger partial charge in [0.1, 0.15) is 0 Å². The second kappa shape index (κ2) is 5.98. The molecule has 1 unspecified atom stereocenters. The normalized spacial score (nSPS) is 13.6. The highest BCUT2D eigenvalue weighted by Gasteiger charge is 2.20. The van der Waals surface area contributed by atoms with Crippen molar-refractivity contribution in [2.24, 2.45) is 0 Å². The van der Waals surface area contributed by atoms with Gasteiger partial charge in [-0.25, -0.2) is 13.1 Å². The maximum Gasteiger partial charge on any atom is 0.241 e. The summed E-state index contributed by atoms with van der Waals surface area (Å²) < 4.78 is 27.6. The standard InChI is InChI=1S/C13H15BrN2O2S/c1-2-11(8-14)16-19(17,18)13-5-3-4-10-9-15-7-6-12(10)13/h3-7,9,11,16H,2,8H2,1H3. The summed E-state index contributed by atoms with van der Waals surface area (Å²) >= 11 is 3.31. The Balaban J connectivity index is 2.49. The molecule has 0 fully saturated rings. The molecular formula is C13H15BrN2O2S. The summed E-state index contributed by atoms with van der Waals surface area (Å²) in [6.45, 7) is 1.95. The number of benzene rings is 1. The van der Waals surface area contributed by atoms with E-state index in [0.717, 1.165) is 11.8 Å². The number of hydrogen-bond acceptors (Lipinski definition) is 3. The van der Waals surface area contributed by atoms with Gasteiger partial charge in [0.25, 0.3) is 0 Å². The highest BCUT2D eigenvalue weighted by Crippen LogP contribution is 2.22. The minimum Gasteiger partial charge on any atom is -0.264 e. The van der Waals surface area contributed by atoms with E-state index in [4.69, 9.17) is 0 Å². The summed E-state index contributed by atoms with van der Waals surface area (Å²) in [4.78, 5) is 4.30. The lowest BCUT2D eigenvalue weighted by atomic mass is 10.2. The molecule has 0 spiro atoms. The van der Waals surface area contributed by atoms with Crippen molar-refractivity contribution in [3.8, 4) is 0 Å². The molecule has 1 aromatic carbocycles. The summed E-state index contributed by atoms with van der Waals surface area (Å²) in [5.41, 5.74) is 0. The third kappa shape index (κ3) is 3.13. The van der Waals surface area contributed by atoms with E-state index in [9.17, 15) is 8.42 Å². The first-order chi connectivity index (χ1) is 9.08. The van der Waals surface area contributed by atoms with Crippen LogP contribution in [0.15, 0.2) is 41.6 Å². The second-order valence-electron chi connectivity index (χ2n) is 4.23. The Morgan fingerprint density at radius 1 is 1.37 bits per heavy atom. The molecule has 0 amide bonds. The van der Waals surface area contributed by atoms with Crippen molar-refractivity contribution in [1.82, 2.24) is 9.71 Å². The Kier molecular flexibility index (Phi) is 4.54. The molecule has 0 saturated heterocycles. The van der Waals surface area contributed by atoms with Crippen molar-refractivity contribution in [1.29, 1.82) is 0 Å².